The third kappa shape index (κ3) is 4.17. The van der Waals surface area contributed by atoms with Crippen molar-refractivity contribution in [3.05, 3.63) is 18.1 Å². The van der Waals surface area contributed by atoms with E-state index >= 15 is 0 Å². The van der Waals surface area contributed by atoms with Crippen LogP contribution in [0.3, 0.4) is 0 Å². The van der Waals surface area contributed by atoms with Gasteiger partial charge in [-0.1, -0.05) is 27.2 Å². The van der Waals surface area contributed by atoms with Crippen LogP contribution in [0.2, 0.25) is 0 Å². The van der Waals surface area contributed by atoms with Gasteiger partial charge in [0.25, 0.3) is 0 Å². The van der Waals surface area contributed by atoms with E-state index in [1.54, 1.807) is 6.33 Å². The molecule has 0 radical (unpaired) electrons. The van der Waals surface area contributed by atoms with Crippen LogP contribution < -0.4 is 10.2 Å². The topological polar surface area (TPSA) is 41.0 Å². The maximum atomic E-state index is 4.51. The normalized spacial score (nSPS) is 19.6. The van der Waals surface area contributed by atoms with Gasteiger partial charge in [-0.25, -0.2) is 9.97 Å². The third-order valence-electron chi connectivity index (χ3n) is 3.90. The first-order valence-corrected chi connectivity index (χ1v) is 8.01. The Labute approximate surface area is 123 Å². The Morgan fingerprint density at radius 2 is 2.20 bits per heavy atom. The molecule has 0 aliphatic carbocycles. The lowest BCUT2D eigenvalue weighted by atomic mass is 10.0. The summed E-state index contributed by atoms with van der Waals surface area (Å²) in [6, 6.07) is 3.28. The van der Waals surface area contributed by atoms with Crippen molar-refractivity contribution in [1.82, 2.24) is 15.3 Å². The molecule has 1 aromatic rings. The highest BCUT2D eigenvalue weighted by Crippen LogP contribution is 2.23. The molecule has 2 rings (SSSR count). The molecule has 112 valence electrons. The number of piperidine rings is 1. The van der Waals surface area contributed by atoms with Crippen LogP contribution in [0.5, 0.6) is 0 Å². The Hall–Kier alpha value is -1.16. The van der Waals surface area contributed by atoms with Gasteiger partial charge in [-0.3, -0.25) is 0 Å². The zero-order valence-corrected chi connectivity index (χ0v) is 13.1. The van der Waals surface area contributed by atoms with Gasteiger partial charge >= 0.3 is 0 Å². The van der Waals surface area contributed by atoms with Crippen molar-refractivity contribution < 1.29 is 0 Å². The van der Waals surface area contributed by atoms with Crippen molar-refractivity contribution in [2.75, 3.05) is 18.0 Å². The van der Waals surface area contributed by atoms with Gasteiger partial charge < -0.3 is 10.2 Å². The van der Waals surface area contributed by atoms with Gasteiger partial charge in [0, 0.05) is 36.9 Å². The average Bonchev–Trinajstić information content (AvgIpc) is 2.46. The van der Waals surface area contributed by atoms with Gasteiger partial charge in [-0.05, 0) is 25.7 Å². The Morgan fingerprint density at radius 1 is 1.35 bits per heavy atom. The lowest BCUT2D eigenvalue weighted by Crippen LogP contribution is -2.47. The summed E-state index contributed by atoms with van der Waals surface area (Å²) in [4.78, 5) is 11.4. The summed E-state index contributed by atoms with van der Waals surface area (Å²) in [7, 11) is 0. The molecule has 4 nitrogen and oxygen atoms in total. The Balaban J connectivity index is 2.08. The van der Waals surface area contributed by atoms with Crippen LogP contribution in [0.25, 0.3) is 0 Å². The lowest BCUT2D eigenvalue weighted by Gasteiger charge is -2.37. The summed E-state index contributed by atoms with van der Waals surface area (Å²) < 4.78 is 0. The molecule has 4 heteroatoms. The second-order valence-electron chi connectivity index (χ2n) is 6.02. The Morgan fingerprint density at radius 3 is 2.95 bits per heavy atom. The summed E-state index contributed by atoms with van der Waals surface area (Å²) in [5.41, 5.74) is 1.17. The van der Waals surface area contributed by atoms with Crippen LogP contribution in [0.1, 0.15) is 52.1 Å². The highest BCUT2D eigenvalue weighted by Gasteiger charge is 2.23. The van der Waals surface area contributed by atoms with Crippen molar-refractivity contribution in [1.29, 1.82) is 0 Å². The fourth-order valence-corrected chi connectivity index (χ4v) is 2.82. The fraction of sp³-hybridized carbons (Fsp3) is 0.750. The molecule has 1 unspecified atom stereocenters. The predicted octanol–water partition coefficient (Wildman–Crippen LogP) is 2.79. The van der Waals surface area contributed by atoms with Gasteiger partial charge in [0.15, 0.2) is 0 Å². The van der Waals surface area contributed by atoms with Crippen molar-refractivity contribution in [3.63, 3.8) is 0 Å². The van der Waals surface area contributed by atoms with E-state index in [4.69, 9.17) is 0 Å². The number of hydrogen-bond acceptors (Lipinski definition) is 4. The van der Waals surface area contributed by atoms with Crippen LogP contribution >= 0.6 is 0 Å². The molecular weight excluding hydrogens is 248 g/mol. The van der Waals surface area contributed by atoms with Gasteiger partial charge in [-0.15, -0.1) is 0 Å². The van der Waals surface area contributed by atoms with E-state index in [1.165, 1.54) is 25.0 Å². The standard InChI is InChI=1S/C16H28N4/c1-4-7-14-10-16(19-12-18-14)20-9-6-5-8-15(20)11-17-13(2)3/h10,12-13,15,17H,4-9,11H2,1-3H3. The fourth-order valence-electron chi connectivity index (χ4n) is 2.82. The minimum atomic E-state index is 0.542. The molecule has 20 heavy (non-hydrogen) atoms. The van der Waals surface area contributed by atoms with Crippen LogP contribution in [0.4, 0.5) is 5.82 Å². The van der Waals surface area contributed by atoms with Crippen molar-refractivity contribution in [2.45, 2.75) is 65.0 Å². The summed E-state index contributed by atoms with van der Waals surface area (Å²) in [6.45, 7) is 8.77. The quantitative estimate of drug-likeness (QED) is 0.867. The first kappa shape index (κ1) is 15.2. The molecule has 1 saturated heterocycles. The number of rotatable bonds is 6. The van der Waals surface area contributed by atoms with E-state index in [9.17, 15) is 0 Å². The van der Waals surface area contributed by atoms with E-state index in [0.29, 0.717) is 12.1 Å². The highest BCUT2D eigenvalue weighted by atomic mass is 15.2. The molecule has 0 spiro atoms. The number of nitrogens with one attached hydrogen (secondary N) is 1. The van der Waals surface area contributed by atoms with Crippen molar-refractivity contribution >= 4 is 5.82 Å². The second-order valence-corrected chi connectivity index (χ2v) is 6.02. The number of aromatic nitrogens is 2. The largest absolute Gasteiger partial charge is 0.352 e. The highest BCUT2D eigenvalue weighted by molar-refractivity contribution is 5.41. The molecule has 0 bridgehead atoms. The van der Waals surface area contributed by atoms with Gasteiger partial charge in [0.05, 0.1) is 0 Å². The SMILES string of the molecule is CCCc1cc(N2CCCCC2CNC(C)C)ncn1. The number of anilines is 1. The Kier molecular flexibility index (Phi) is 5.77. The van der Waals surface area contributed by atoms with E-state index in [1.807, 2.05) is 0 Å². The monoisotopic (exact) mass is 276 g/mol. The summed E-state index contributed by atoms with van der Waals surface area (Å²) >= 11 is 0. The molecule has 2 heterocycles. The van der Waals surface area contributed by atoms with E-state index in [-0.39, 0.29) is 0 Å². The number of hydrogen-bond donors (Lipinski definition) is 1. The minimum absolute atomic E-state index is 0.542. The van der Waals surface area contributed by atoms with Gasteiger partial charge in [0.1, 0.15) is 12.1 Å². The summed E-state index contributed by atoms with van der Waals surface area (Å²) in [5, 5.41) is 3.57. The molecule has 1 fully saturated rings. The minimum Gasteiger partial charge on any atom is -0.352 e. The summed E-state index contributed by atoms with van der Waals surface area (Å²) in [6.07, 6.45) is 7.75. The second kappa shape index (κ2) is 7.58. The number of aryl methyl sites for hydroxylation is 1. The summed E-state index contributed by atoms with van der Waals surface area (Å²) in [5.74, 6) is 1.11. The lowest BCUT2D eigenvalue weighted by molar-refractivity contribution is 0.418. The number of nitrogens with zero attached hydrogens (tertiary/aromatic N) is 3. The molecule has 0 saturated carbocycles. The zero-order valence-electron chi connectivity index (χ0n) is 13.1. The predicted molar refractivity (Wildman–Crippen MR) is 84.2 cm³/mol. The average molecular weight is 276 g/mol. The van der Waals surface area contributed by atoms with E-state index in [2.05, 4.69) is 47.0 Å². The van der Waals surface area contributed by atoms with Crippen molar-refractivity contribution in [2.24, 2.45) is 0 Å². The first-order chi connectivity index (χ1) is 9.70. The molecular formula is C16H28N4. The zero-order chi connectivity index (χ0) is 14.4. The van der Waals surface area contributed by atoms with E-state index in [0.717, 1.165) is 31.7 Å². The maximum absolute atomic E-state index is 4.51. The first-order valence-electron chi connectivity index (χ1n) is 8.01. The van der Waals surface area contributed by atoms with Crippen LogP contribution in [0.15, 0.2) is 12.4 Å². The molecule has 1 aliphatic heterocycles. The maximum Gasteiger partial charge on any atom is 0.132 e. The molecule has 0 aromatic carbocycles. The molecule has 1 atom stereocenters. The van der Waals surface area contributed by atoms with Crippen LogP contribution in [0, 0.1) is 0 Å². The molecule has 0 amide bonds. The Bertz CT molecular complexity index is 405. The van der Waals surface area contributed by atoms with Gasteiger partial charge in [0.2, 0.25) is 0 Å². The van der Waals surface area contributed by atoms with Gasteiger partial charge in [-0.2, -0.15) is 0 Å². The molecule has 1 aromatic heterocycles. The molecule has 1 N–H and O–H groups in total. The van der Waals surface area contributed by atoms with Crippen molar-refractivity contribution in [3.8, 4) is 0 Å². The smallest absolute Gasteiger partial charge is 0.132 e. The van der Waals surface area contributed by atoms with Crippen LogP contribution in [-0.4, -0.2) is 35.1 Å². The molecule has 1 aliphatic rings. The van der Waals surface area contributed by atoms with E-state index < -0.39 is 0 Å². The third-order valence-corrected chi connectivity index (χ3v) is 3.90. The van der Waals surface area contributed by atoms with Crippen LogP contribution in [-0.2, 0) is 6.42 Å².